The highest BCUT2D eigenvalue weighted by Gasteiger charge is 2.54. The molecule has 0 amide bonds. The first-order valence-corrected chi connectivity index (χ1v) is 5.60. The molecule has 2 unspecified atom stereocenters. The minimum atomic E-state index is 0.482. The van der Waals surface area contributed by atoms with Gasteiger partial charge in [0.15, 0.2) is 0 Å². The molecule has 2 atom stereocenters. The Bertz CT molecular complexity index is 298. The molecule has 1 heteroatoms. The third kappa shape index (κ3) is 0.804. The molecule has 0 bridgehead atoms. The van der Waals surface area contributed by atoms with Crippen molar-refractivity contribution < 1.29 is 0 Å². The lowest BCUT2D eigenvalue weighted by atomic mass is 9.98. The average Bonchev–Trinajstić information content (AvgIpc) is 2.59. The van der Waals surface area contributed by atoms with Crippen molar-refractivity contribution in [1.82, 2.24) is 0 Å². The number of hydrogen-bond donors (Lipinski definition) is 0. The van der Waals surface area contributed by atoms with Gasteiger partial charge in [0.2, 0.25) is 0 Å². The summed E-state index contributed by atoms with van der Waals surface area (Å²) in [6.45, 7) is 0. The summed E-state index contributed by atoms with van der Waals surface area (Å²) < 4.78 is 0. The third-order valence-corrected chi connectivity index (χ3v) is 4.37. The van der Waals surface area contributed by atoms with Crippen LogP contribution in [-0.2, 0) is 0 Å². The minimum absolute atomic E-state index is 0.482. The Hall–Kier alpha value is -0.430. The Morgan fingerprint density at radius 2 is 2.42 bits per heavy atom. The van der Waals surface area contributed by atoms with E-state index in [1.807, 2.05) is 0 Å². The van der Waals surface area contributed by atoms with Crippen molar-refractivity contribution in [3.63, 3.8) is 0 Å². The fourth-order valence-electron chi connectivity index (χ4n) is 2.27. The Morgan fingerprint density at radius 3 is 3.17 bits per heavy atom. The summed E-state index contributed by atoms with van der Waals surface area (Å²) in [5.41, 5.74) is 0.482. The molecule has 0 aromatic carbocycles. The van der Waals surface area contributed by atoms with Gasteiger partial charge in [0.05, 0.1) is 0 Å². The van der Waals surface area contributed by atoms with Crippen LogP contribution >= 0.6 is 11.8 Å². The monoisotopic (exact) mass is 176 g/mol. The number of hydrogen-bond acceptors (Lipinski definition) is 1. The van der Waals surface area contributed by atoms with E-state index in [4.69, 9.17) is 0 Å². The maximum absolute atomic E-state index is 2.44. The SMILES string of the molecule is C1=CC2CC2(C2=CCCS2)C=C1. The van der Waals surface area contributed by atoms with Crippen molar-refractivity contribution in [2.75, 3.05) is 5.75 Å². The van der Waals surface area contributed by atoms with Gasteiger partial charge in [0.1, 0.15) is 0 Å². The minimum Gasteiger partial charge on any atom is -0.130 e. The van der Waals surface area contributed by atoms with E-state index in [0.717, 1.165) is 5.92 Å². The van der Waals surface area contributed by atoms with Crippen LogP contribution in [0.15, 0.2) is 35.3 Å². The second-order valence-electron chi connectivity index (χ2n) is 3.80. The molecule has 1 aliphatic heterocycles. The summed E-state index contributed by atoms with van der Waals surface area (Å²) in [5, 5.41) is 0. The fraction of sp³-hybridized carbons (Fsp3) is 0.455. The number of allylic oxidation sites excluding steroid dienone is 6. The molecular weight excluding hydrogens is 164 g/mol. The molecule has 62 valence electrons. The lowest BCUT2D eigenvalue weighted by Crippen LogP contribution is -2.01. The largest absolute Gasteiger partial charge is 0.130 e. The highest BCUT2D eigenvalue weighted by Crippen LogP contribution is 2.64. The number of rotatable bonds is 1. The van der Waals surface area contributed by atoms with Crippen LogP contribution < -0.4 is 0 Å². The Kier molecular flexibility index (Phi) is 1.34. The highest BCUT2D eigenvalue weighted by molar-refractivity contribution is 8.03. The van der Waals surface area contributed by atoms with E-state index < -0.39 is 0 Å². The normalized spacial score (nSPS) is 42.7. The lowest BCUT2D eigenvalue weighted by Gasteiger charge is -2.14. The summed E-state index contributed by atoms with van der Waals surface area (Å²) >= 11 is 2.07. The second-order valence-corrected chi connectivity index (χ2v) is 4.94. The molecule has 3 aliphatic rings. The van der Waals surface area contributed by atoms with E-state index >= 15 is 0 Å². The van der Waals surface area contributed by atoms with Gasteiger partial charge in [-0.3, -0.25) is 0 Å². The van der Waals surface area contributed by atoms with Crippen LogP contribution in [0.25, 0.3) is 0 Å². The van der Waals surface area contributed by atoms with Gasteiger partial charge in [-0.15, -0.1) is 11.8 Å². The van der Waals surface area contributed by atoms with Gasteiger partial charge in [-0.25, -0.2) is 0 Å². The Morgan fingerprint density at radius 1 is 1.42 bits per heavy atom. The Balaban J connectivity index is 1.94. The Labute approximate surface area is 77.4 Å². The highest BCUT2D eigenvalue weighted by atomic mass is 32.2. The summed E-state index contributed by atoms with van der Waals surface area (Å²) in [6.07, 6.45) is 14.2. The van der Waals surface area contributed by atoms with Gasteiger partial charge in [-0.2, -0.15) is 0 Å². The van der Waals surface area contributed by atoms with Crippen LogP contribution in [0.5, 0.6) is 0 Å². The maximum Gasteiger partial charge on any atom is 0.0261 e. The van der Waals surface area contributed by atoms with E-state index in [2.05, 4.69) is 42.1 Å². The fourth-order valence-corrected chi connectivity index (χ4v) is 3.53. The molecular formula is C11H12S. The van der Waals surface area contributed by atoms with Crippen molar-refractivity contribution in [3.8, 4) is 0 Å². The first-order valence-electron chi connectivity index (χ1n) is 4.61. The summed E-state index contributed by atoms with van der Waals surface area (Å²) in [6, 6.07) is 0. The smallest absolute Gasteiger partial charge is 0.0261 e. The molecule has 3 rings (SSSR count). The van der Waals surface area contributed by atoms with E-state index in [-0.39, 0.29) is 0 Å². The van der Waals surface area contributed by atoms with Crippen LogP contribution in [0.3, 0.4) is 0 Å². The van der Waals surface area contributed by atoms with Gasteiger partial charge < -0.3 is 0 Å². The first kappa shape index (κ1) is 7.02. The van der Waals surface area contributed by atoms with Crippen LogP contribution in [0, 0.1) is 11.3 Å². The maximum atomic E-state index is 2.44. The summed E-state index contributed by atoms with van der Waals surface area (Å²) in [7, 11) is 0. The molecule has 1 heterocycles. The van der Waals surface area contributed by atoms with E-state index in [1.54, 1.807) is 4.91 Å². The van der Waals surface area contributed by atoms with E-state index in [9.17, 15) is 0 Å². The molecule has 0 nitrogen and oxygen atoms in total. The molecule has 1 saturated carbocycles. The molecule has 0 aromatic rings. The average molecular weight is 176 g/mol. The van der Waals surface area contributed by atoms with Gasteiger partial charge in [0.25, 0.3) is 0 Å². The van der Waals surface area contributed by atoms with E-state index in [0.29, 0.717) is 5.41 Å². The summed E-state index contributed by atoms with van der Waals surface area (Å²) in [5.74, 6) is 2.14. The number of fused-ring (bicyclic) bond motifs is 1. The molecule has 0 saturated heterocycles. The molecule has 0 N–H and O–H groups in total. The van der Waals surface area contributed by atoms with Gasteiger partial charge in [0, 0.05) is 11.2 Å². The molecule has 0 aromatic heterocycles. The molecule has 1 fully saturated rings. The zero-order valence-electron chi connectivity index (χ0n) is 6.99. The predicted molar refractivity (Wildman–Crippen MR) is 54.0 cm³/mol. The topological polar surface area (TPSA) is 0 Å². The predicted octanol–water partition coefficient (Wildman–Crippen LogP) is 3.14. The molecule has 0 radical (unpaired) electrons. The summed E-state index contributed by atoms with van der Waals surface area (Å²) in [4.78, 5) is 1.65. The first-order chi connectivity index (χ1) is 5.92. The van der Waals surface area contributed by atoms with Gasteiger partial charge in [-0.05, 0) is 23.7 Å². The van der Waals surface area contributed by atoms with Crippen molar-refractivity contribution in [3.05, 3.63) is 35.3 Å². The lowest BCUT2D eigenvalue weighted by molar-refractivity contribution is 0.768. The second kappa shape index (κ2) is 2.29. The molecule has 0 spiro atoms. The van der Waals surface area contributed by atoms with Crippen LogP contribution in [-0.4, -0.2) is 5.75 Å². The van der Waals surface area contributed by atoms with Crippen LogP contribution in [0.2, 0.25) is 0 Å². The van der Waals surface area contributed by atoms with Crippen LogP contribution in [0.4, 0.5) is 0 Å². The van der Waals surface area contributed by atoms with Crippen molar-refractivity contribution in [2.45, 2.75) is 12.8 Å². The van der Waals surface area contributed by atoms with E-state index in [1.165, 1.54) is 18.6 Å². The zero-order chi connectivity index (χ0) is 8.02. The zero-order valence-corrected chi connectivity index (χ0v) is 7.81. The quantitative estimate of drug-likeness (QED) is 0.591. The van der Waals surface area contributed by atoms with Crippen molar-refractivity contribution in [1.29, 1.82) is 0 Å². The van der Waals surface area contributed by atoms with Crippen LogP contribution in [0.1, 0.15) is 12.8 Å². The third-order valence-electron chi connectivity index (χ3n) is 3.07. The van der Waals surface area contributed by atoms with Gasteiger partial charge >= 0.3 is 0 Å². The number of thioether (sulfide) groups is 1. The molecule has 12 heavy (non-hydrogen) atoms. The molecule has 2 aliphatic carbocycles. The van der Waals surface area contributed by atoms with Crippen molar-refractivity contribution in [2.24, 2.45) is 11.3 Å². The standard InChI is InChI=1S/C11H12S/c1-2-6-11(8-9(11)4-1)10-5-3-7-12-10/h1-2,4-6,9H,3,7-8H2. The van der Waals surface area contributed by atoms with Crippen molar-refractivity contribution >= 4 is 11.8 Å². The van der Waals surface area contributed by atoms with Gasteiger partial charge in [-0.1, -0.05) is 30.4 Å².